The summed E-state index contributed by atoms with van der Waals surface area (Å²) in [6, 6.07) is 12.7. The van der Waals surface area contributed by atoms with Crippen LogP contribution in [0.5, 0.6) is 0 Å². The van der Waals surface area contributed by atoms with Crippen molar-refractivity contribution in [1.82, 2.24) is 14.6 Å². The quantitative estimate of drug-likeness (QED) is 0.499. The Labute approximate surface area is 170 Å². The van der Waals surface area contributed by atoms with Gasteiger partial charge in [0.15, 0.2) is 11.4 Å². The molecular weight excluding hydrogens is 387 g/mol. The van der Waals surface area contributed by atoms with Crippen LogP contribution >= 0.6 is 0 Å². The molecular formula is C22H17FN4O3. The highest BCUT2D eigenvalue weighted by Gasteiger charge is 2.17. The van der Waals surface area contributed by atoms with E-state index in [2.05, 4.69) is 15.4 Å². The molecule has 8 heteroatoms. The molecule has 2 aromatic heterocycles. The molecule has 0 atom stereocenters. The second-order valence-electron chi connectivity index (χ2n) is 6.79. The number of benzene rings is 2. The predicted octanol–water partition coefficient (Wildman–Crippen LogP) is 3.21. The minimum Gasteiger partial charge on any atom is -0.322 e. The first kappa shape index (κ1) is 19.3. The van der Waals surface area contributed by atoms with E-state index in [4.69, 9.17) is 0 Å². The molecule has 0 aliphatic rings. The number of fused-ring (bicyclic) bond motifs is 1. The number of H-pyrrole nitrogens is 1. The number of nitrogens with one attached hydrogen (secondary N) is 2. The third kappa shape index (κ3) is 3.62. The van der Waals surface area contributed by atoms with E-state index in [1.165, 1.54) is 25.4 Å². The Hall–Kier alpha value is -4.07. The molecule has 30 heavy (non-hydrogen) atoms. The molecule has 0 saturated heterocycles. The maximum Gasteiger partial charge on any atom is 0.276 e. The Morgan fingerprint density at radius 3 is 2.53 bits per heavy atom. The zero-order valence-electron chi connectivity index (χ0n) is 16.0. The summed E-state index contributed by atoms with van der Waals surface area (Å²) in [5.41, 5.74) is 1.66. The van der Waals surface area contributed by atoms with Crippen LogP contribution in [0.2, 0.25) is 0 Å². The fourth-order valence-electron chi connectivity index (χ4n) is 3.12. The minimum absolute atomic E-state index is 0.0701. The van der Waals surface area contributed by atoms with Crippen molar-refractivity contribution in [2.75, 3.05) is 5.32 Å². The summed E-state index contributed by atoms with van der Waals surface area (Å²) in [5.74, 6) is -0.929. The van der Waals surface area contributed by atoms with Gasteiger partial charge in [-0.1, -0.05) is 18.2 Å². The average Bonchev–Trinajstić information content (AvgIpc) is 3.17. The van der Waals surface area contributed by atoms with Crippen LogP contribution in [0.3, 0.4) is 0 Å². The molecule has 0 aliphatic carbocycles. The molecule has 2 N–H and O–H groups in total. The molecule has 7 nitrogen and oxygen atoms in total. The van der Waals surface area contributed by atoms with E-state index in [-0.39, 0.29) is 23.4 Å². The highest BCUT2D eigenvalue weighted by molar-refractivity contribution is 6.08. The molecule has 0 unspecified atom stereocenters. The van der Waals surface area contributed by atoms with E-state index in [0.29, 0.717) is 22.4 Å². The molecule has 2 heterocycles. The van der Waals surface area contributed by atoms with Gasteiger partial charge in [0.05, 0.1) is 0 Å². The highest BCUT2D eigenvalue weighted by Crippen LogP contribution is 2.15. The van der Waals surface area contributed by atoms with Crippen LogP contribution in [0, 0.1) is 5.82 Å². The van der Waals surface area contributed by atoms with Crippen LogP contribution in [-0.2, 0) is 6.42 Å². The normalized spacial score (nSPS) is 10.9. The van der Waals surface area contributed by atoms with Gasteiger partial charge in [-0.2, -0.15) is 0 Å². The van der Waals surface area contributed by atoms with Crippen molar-refractivity contribution in [3.05, 3.63) is 99.3 Å². The van der Waals surface area contributed by atoms with Gasteiger partial charge in [0.1, 0.15) is 11.4 Å². The van der Waals surface area contributed by atoms with Gasteiger partial charge in [0.2, 0.25) is 0 Å². The number of aromatic amines is 1. The molecule has 0 spiro atoms. The number of rotatable bonds is 5. The number of anilines is 1. The molecule has 4 rings (SSSR count). The molecule has 150 valence electrons. The third-order valence-electron chi connectivity index (χ3n) is 4.74. The lowest BCUT2D eigenvalue weighted by atomic mass is 10.1. The number of carbonyl (C=O) groups is 2. The lowest BCUT2D eigenvalue weighted by Crippen LogP contribution is -2.21. The van der Waals surface area contributed by atoms with Gasteiger partial charge in [-0.05, 0) is 42.8 Å². The molecule has 4 aromatic rings. The number of amides is 1. The standard InChI is InChI=1S/C22H17FN4O3/c1-13(28)14-6-8-17(9-7-14)26-21(29)18-12-25-27-20(18)24-11-16(22(27)30)10-15-4-2-3-5-19(15)23/h2-9,11-12,25H,10H2,1H3,(H,26,29). The Balaban J connectivity index is 1.61. The number of nitrogens with zero attached hydrogens (tertiary/aromatic N) is 2. The predicted molar refractivity (Wildman–Crippen MR) is 109 cm³/mol. The molecule has 2 aromatic carbocycles. The van der Waals surface area contributed by atoms with E-state index < -0.39 is 17.3 Å². The summed E-state index contributed by atoms with van der Waals surface area (Å²) in [6.07, 6.45) is 2.83. The molecule has 0 fully saturated rings. The molecule has 0 radical (unpaired) electrons. The number of aromatic nitrogens is 3. The van der Waals surface area contributed by atoms with E-state index in [0.717, 1.165) is 4.52 Å². The average molecular weight is 404 g/mol. The summed E-state index contributed by atoms with van der Waals surface area (Å²) in [6.45, 7) is 1.46. The van der Waals surface area contributed by atoms with Crippen molar-refractivity contribution in [2.24, 2.45) is 0 Å². The molecule has 0 bridgehead atoms. The van der Waals surface area contributed by atoms with Crippen LogP contribution in [0.1, 0.15) is 38.8 Å². The van der Waals surface area contributed by atoms with E-state index in [1.807, 2.05) is 0 Å². The first-order valence-electron chi connectivity index (χ1n) is 9.18. The minimum atomic E-state index is -0.460. The van der Waals surface area contributed by atoms with Gasteiger partial charge in [0.25, 0.3) is 11.5 Å². The molecule has 0 aliphatic heterocycles. The number of halogens is 1. The number of hydrogen-bond acceptors (Lipinski definition) is 4. The lowest BCUT2D eigenvalue weighted by molar-refractivity contribution is 0.101. The Morgan fingerprint density at radius 2 is 1.83 bits per heavy atom. The van der Waals surface area contributed by atoms with Crippen molar-refractivity contribution >= 4 is 23.0 Å². The third-order valence-corrected chi connectivity index (χ3v) is 4.74. The van der Waals surface area contributed by atoms with Crippen LogP contribution in [-0.4, -0.2) is 26.3 Å². The van der Waals surface area contributed by atoms with Crippen molar-refractivity contribution in [1.29, 1.82) is 0 Å². The summed E-state index contributed by atoms with van der Waals surface area (Å²) < 4.78 is 15.1. The zero-order valence-corrected chi connectivity index (χ0v) is 16.0. The van der Waals surface area contributed by atoms with Crippen LogP contribution < -0.4 is 10.9 Å². The SMILES string of the molecule is CC(=O)c1ccc(NC(=O)c2c[nH]n3c(=O)c(Cc4ccccc4F)cnc23)cc1. The van der Waals surface area contributed by atoms with E-state index in [1.54, 1.807) is 42.5 Å². The fraction of sp³-hybridized carbons (Fsp3) is 0.0909. The van der Waals surface area contributed by atoms with Gasteiger partial charge in [-0.3, -0.25) is 19.5 Å². The Bertz CT molecular complexity index is 1320. The van der Waals surface area contributed by atoms with Crippen molar-refractivity contribution in [3.8, 4) is 0 Å². The summed E-state index contributed by atoms with van der Waals surface area (Å²) in [5, 5.41) is 5.44. The van der Waals surface area contributed by atoms with E-state index >= 15 is 0 Å². The van der Waals surface area contributed by atoms with Crippen molar-refractivity contribution in [2.45, 2.75) is 13.3 Å². The van der Waals surface area contributed by atoms with Crippen LogP contribution in [0.25, 0.3) is 5.65 Å². The maximum absolute atomic E-state index is 13.9. The first-order chi connectivity index (χ1) is 14.4. The number of ketones is 1. The smallest absolute Gasteiger partial charge is 0.276 e. The lowest BCUT2D eigenvalue weighted by Gasteiger charge is -2.05. The second-order valence-corrected chi connectivity index (χ2v) is 6.79. The molecule has 1 amide bonds. The van der Waals surface area contributed by atoms with Gasteiger partial charge < -0.3 is 5.32 Å². The zero-order chi connectivity index (χ0) is 21.3. The van der Waals surface area contributed by atoms with E-state index in [9.17, 15) is 18.8 Å². The van der Waals surface area contributed by atoms with Crippen molar-refractivity contribution in [3.63, 3.8) is 0 Å². The number of Topliss-reactive ketones (excluding diaryl/α,β-unsaturated/α-hetero) is 1. The van der Waals surface area contributed by atoms with Gasteiger partial charge >= 0.3 is 0 Å². The number of carbonyl (C=O) groups excluding carboxylic acids is 2. The Kier molecular flexibility index (Phi) is 4.97. The van der Waals surface area contributed by atoms with Gasteiger partial charge in [-0.15, -0.1) is 0 Å². The largest absolute Gasteiger partial charge is 0.322 e. The van der Waals surface area contributed by atoms with Crippen LogP contribution in [0.4, 0.5) is 10.1 Å². The van der Waals surface area contributed by atoms with Crippen molar-refractivity contribution < 1.29 is 14.0 Å². The first-order valence-corrected chi connectivity index (χ1v) is 9.18. The summed E-state index contributed by atoms with van der Waals surface area (Å²) >= 11 is 0. The maximum atomic E-state index is 13.9. The summed E-state index contributed by atoms with van der Waals surface area (Å²) in [7, 11) is 0. The van der Waals surface area contributed by atoms with Gasteiger partial charge in [-0.25, -0.2) is 13.9 Å². The Morgan fingerprint density at radius 1 is 1.10 bits per heavy atom. The van der Waals surface area contributed by atoms with Crippen LogP contribution in [0.15, 0.2) is 65.7 Å². The number of hydrogen-bond donors (Lipinski definition) is 2. The highest BCUT2D eigenvalue weighted by atomic mass is 19.1. The fourth-order valence-corrected chi connectivity index (χ4v) is 3.12. The second kappa shape index (κ2) is 7.75. The van der Waals surface area contributed by atoms with Gasteiger partial charge in [0, 0.05) is 35.6 Å². The topological polar surface area (TPSA) is 96.3 Å². The summed E-state index contributed by atoms with van der Waals surface area (Å²) in [4.78, 5) is 41.0. The monoisotopic (exact) mass is 404 g/mol. The molecule has 0 saturated carbocycles.